The lowest BCUT2D eigenvalue weighted by molar-refractivity contribution is 0.102. The molecule has 1 N–H and O–H groups in total. The second kappa shape index (κ2) is 10.1. The molecule has 164 valence electrons. The van der Waals surface area contributed by atoms with Gasteiger partial charge in [0.05, 0.1) is 26.4 Å². The minimum Gasteiger partial charge on any atom is -0.497 e. The zero-order chi connectivity index (χ0) is 22.4. The van der Waals surface area contributed by atoms with E-state index >= 15 is 0 Å². The highest BCUT2D eigenvalue weighted by atomic mass is 28.3. The largest absolute Gasteiger partial charge is 0.497 e. The number of nitrogens with zero attached hydrogens (tertiary/aromatic N) is 1. The van der Waals surface area contributed by atoms with E-state index < -0.39 is 8.07 Å². The maximum Gasteiger partial charge on any atom is 0.256 e. The number of benzene rings is 2. The van der Waals surface area contributed by atoms with E-state index in [2.05, 4.69) is 31.1 Å². The van der Waals surface area contributed by atoms with Gasteiger partial charge in [0.1, 0.15) is 5.75 Å². The monoisotopic (exact) mass is 434 g/mol. The molecule has 0 aliphatic rings. The molecule has 2 aromatic carbocycles. The average molecular weight is 435 g/mol. The Morgan fingerprint density at radius 2 is 1.77 bits per heavy atom. The van der Waals surface area contributed by atoms with Gasteiger partial charge in [-0.2, -0.15) is 0 Å². The number of fused-ring (bicyclic) bond motifs is 1. The lowest BCUT2D eigenvalue weighted by Crippen LogP contribution is -2.32. The number of para-hydroxylation sites is 1. The molecule has 0 radical (unpaired) electrons. The van der Waals surface area contributed by atoms with Gasteiger partial charge in [-0.1, -0.05) is 63.1 Å². The van der Waals surface area contributed by atoms with Gasteiger partial charge in [-0.05, 0) is 48.7 Å². The molecule has 0 bridgehead atoms. The summed E-state index contributed by atoms with van der Waals surface area (Å²) in [5, 5.41) is 4.14. The molecule has 0 atom stereocenters. The van der Waals surface area contributed by atoms with E-state index in [1.807, 2.05) is 49.4 Å². The van der Waals surface area contributed by atoms with Crippen molar-refractivity contribution in [1.82, 2.24) is 4.98 Å². The number of aryl methyl sites for hydroxylation is 2. The summed E-state index contributed by atoms with van der Waals surface area (Å²) < 4.78 is 5.53. The molecule has 3 rings (SSSR count). The topological polar surface area (TPSA) is 51.2 Å². The van der Waals surface area contributed by atoms with E-state index in [9.17, 15) is 4.79 Å². The van der Waals surface area contributed by atoms with Gasteiger partial charge in [-0.15, -0.1) is 0 Å². The number of carbonyl (C=O) groups is 1. The lowest BCUT2D eigenvalue weighted by Gasteiger charge is -2.28. The van der Waals surface area contributed by atoms with Crippen LogP contribution in [0.5, 0.6) is 5.75 Å². The molecule has 1 amide bonds. The number of ether oxygens (including phenoxy) is 1. The molecule has 0 saturated heterocycles. The van der Waals surface area contributed by atoms with E-state index in [1.165, 1.54) is 24.2 Å². The second-order valence-electron chi connectivity index (χ2n) is 8.37. The Kier molecular flexibility index (Phi) is 7.49. The molecule has 1 aromatic heterocycles. The highest BCUT2D eigenvalue weighted by Gasteiger charge is 2.27. The number of nitrogens with one attached hydrogen (secondary N) is 1. The SMILES string of the molecule is CC[Si](CC)(CC)CCc1cc(OC)cc(C)c1C(=O)Nc1cccc2cccnc12. The number of aromatic nitrogens is 1. The van der Waals surface area contributed by atoms with Crippen molar-refractivity contribution in [2.45, 2.75) is 58.3 Å². The molecule has 0 aliphatic carbocycles. The Morgan fingerprint density at radius 3 is 2.45 bits per heavy atom. The first-order valence-corrected chi connectivity index (χ1v) is 14.1. The number of anilines is 1. The van der Waals surface area contributed by atoms with E-state index in [0.717, 1.165) is 45.5 Å². The molecule has 0 aliphatic heterocycles. The van der Waals surface area contributed by atoms with Crippen molar-refractivity contribution < 1.29 is 9.53 Å². The molecule has 31 heavy (non-hydrogen) atoms. The molecular weight excluding hydrogens is 400 g/mol. The molecule has 0 fully saturated rings. The Bertz CT molecular complexity index is 1050. The summed E-state index contributed by atoms with van der Waals surface area (Å²) in [6.07, 6.45) is 2.67. The van der Waals surface area contributed by atoms with Crippen molar-refractivity contribution in [2.24, 2.45) is 0 Å². The standard InChI is InChI=1S/C26H34N2O2Si/c1-6-31(7-2,8-3)16-14-21-18-22(30-5)17-19(4)24(21)26(29)28-23-13-9-11-20-12-10-15-27-25(20)23/h9-13,15,17-18H,6-8,14,16H2,1-5H3,(H,28,29). The van der Waals surface area contributed by atoms with Crippen molar-refractivity contribution in [2.75, 3.05) is 12.4 Å². The fourth-order valence-electron chi connectivity index (χ4n) is 4.53. The summed E-state index contributed by atoms with van der Waals surface area (Å²) in [7, 11) is 0.388. The van der Waals surface area contributed by atoms with Gasteiger partial charge >= 0.3 is 0 Å². The van der Waals surface area contributed by atoms with Gasteiger partial charge < -0.3 is 10.1 Å². The van der Waals surface area contributed by atoms with Crippen molar-refractivity contribution in [3.8, 4) is 5.75 Å². The first-order chi connectivity index (χ1) is 15.0. The first-order valence-electron chi connectivity index (χ1n) is 11.3. The van der Waals surface area contributed by atoms with Crippen LogP contribution >= 0.6 is 0 Å². The van der Waals surface area contributed by atoms with Crippen LogP contribution in [0.25, 0.3) is 10.9 Å². The number of rotatable bonds is 9. The zero-order valence-electron chi connectivity index (χ0n) is 19.4. The number of amides is 1. The van der Waals surface area contributed by atoms with E-state index in [1.54, 1.807) is 13.3 Å². The number of hydrogen-bond donors (Lipinski definition) is 1. The van der Waals surface area contributed by atoms with Crippen LogP contribution < -0.4 is 10.1 Å². The van der Waals surface area contributed by atoms with Gasteiger partial charge in [0, 0.05) is 17.1 Å². The van der Waals surface area contributed by atoms with Gasteiger partial charge in [0.25, 0.3) is 5.91 Å². The van der Waals surface area contributed by atoms with Crippen LogP contribution in [0, 0.1) is 6.92 Å². The Balaban J connectivity index is 1.96. The van der Waals surface area contributed by atoms with Crippen LogP contribution in [-0.2, 0) is 6.42 Å². The minimum absolute atomic E-state index is 0.0786. The maximum absolute atomic E-state index is 13.5. The summed E-state index contributed by atoms with van der Waals surface area (Å²) in [6.45, 7) is 8.98. The number of methoxy groups -OCH3 is 1. The lowest BCUT2D eigenvalue weighted by atomic mass is 9.98. The minimum atomic E-state index is -1.30. The van der Waals surface area contributed by atoms with Crippen LogP contribution in [0.2, 0.25) is 24.2 Å². The van der Waals surface area contributed by atoms with Crippen molar-refractivity contribution in [3.63, 3.8) is 0 Å². The van der Waals surface area contributed by atoms with Gasteiger partial charge in [0.2, 0.25) is 0 Å². The van der Waals surface area contributed by atoms with Crippen molar-refractivity contribution in [3.05, 3.63) is 65.4 Å². The maximum atomic E-state index is 13.5. The average Bonchev–Trinajstić information content (AvgIpc) is 2.80. The van der Waals surface area contributed by atoms with Crippen LogP contribution in [-0.4, -0.2) is 26.1 Å². The fourth-order valence-corrected chi connectivity index (χ4v) is 7.89. The van der Waals surface area contributed by atoms with Gasteiger partial charge in [-0.3, -0.25) is 9.78 Å². The Hall–Kier alpha value is -2.66. The predicted octanol–water partition coefficient (Wildman–Crippen LogP) is 6.86. The van der Waals surface area contributed by atoms with Crippen LogP contribution in [0.15, 0.2) is 48.7 Å². The van der Waals surface area contributed by atoms with Gasteiger partial charge in [0.15, 0.2) is 0 Å². The molecule has 4 nitrogen and oxygen atoms in total. The fraction of sp³-hybridized carbons (Fsp3) is 0.385. The summed E-state index contributed by atoms with van der Waals surface area (Å²) >= 11 is 0. The third-order valence-electron chi connectivity index (χ3n) is 6.91. The highest BCUT2D eigenvalue weighted by Crippen LogP contribution is 2.31. The van der Waals surface area contributed by atoms with Crippen LogP contribution in [0.4, 0.5) is 5.69 Å². The summed E-state index contributed by atoms with van der Waals surface area (Å²) in [4.78, 5) is 17.9. The second-order valence-corrected chi connectivity index (χ2v) is 14.0. The molecule has 0 saturated carbocycles. The van der Waals surface area contributed by atoms with Crippen LogP contribution in [0.1, 0.15) is 42.3 Å². The molecular formula is C26H34N2O2Si. The van der Waals surface area contributed by atoms with E-state index in [4.69, 9.17) is 4.74 Å². The highest BCUT2D eigenvalue weighted by molar-refractivity contribution is 6.79. The van der Waals surface area contributed by atoms with E-state index in [-0.39, 0.29) is 5.91 Å². The molecule has 5 heteroatoms. The Labute approximate surface area is 187 Å². The predicted molar refractivity (Wildman–Crippen MR) is 133 cm³/mol. The quantitative estimate of drug-likeness (QED) is 0.374. The normalized spacial score (nSPS) is 11.5. The van der Waals surface area contributed by atoms with Crippen molar-refractivity contribution >= 4 is 30.6 Å². The summed E-state index contributed by atoms with van der Waals surface area (Å²) in [6, 6.07) is 18.8. The molecule has 0 spiro atoms. The Morgan fingerprint density at radius 1 is 1.06 bits per heavy atom. The number of pyridine rings is 1. The summed E-state index contributed by atoms with van der Waals surface area (Å²) in [5.74, 6) is 0.734. The number of carbonyl (C=O) groups excluding carboxylic acids is 1. The first kappa shape index (κ1) is 23.0. The van der Waals surface area contributed by atoms with E-state index in [0.29, 0.717) is 0 Å². The molecule has 3 aromatic rings. The number of hydrogen-bond acceptors (Lipinski definition) is 3. The third-order valence-corrected chi connectivity index (χ3v) is 12.7. The smallest absolute Gasteiger partial charge is 0.256 e. The summed E-state index contributed by atoms with van der Waals surface area (Å²) in [5.41, 5.74) is 4.33. The van der Waals surface area contributed by atoms with Gasteiger partial charge in [-0.25, -0.2) is 0 Å². The van der Waals surface area contributed by atoms with Crippen LogP contribution in [0.3, 0.4) is 0 Å². The zero-order valence-corrected chi connectivity index (χ0v) is 20.4. The molecule has 0 unspecified atom stereocenters. The van der Waals surface area contributed by atoms with Crippen molar-refractivity contribution in [1.29, 1.82) is 0 Å². The molecule has 1 heterocycles. The third kappa shape index (κ3) is 4.98.